The summed E-state index contributed by atoms with van der Waals surface area (Å²) in [4.78, 5) is 9.32. The van der Waals surface area contributed by atoms with Gasteiger partial charge in [-0.05, 0) is 24.4 Å². The third kappa shape index (κ3) is 2.35. The maximum Gasteiger partial charge on any atom is 0.224 e. The molecule has 4 nitrogen and oxygen atoms in total. The fourth-order valence-corrected chi connectivity index (χ4v) is 1.80. The zero-order valence-corrected chi connectivity index (χ0v) is 8.91. The van der Waals surface area contributed by atoms with E-state index in [-0.39, 0.29) is 17.1 Å². The zero-order chi connectivity index (χ0) is 10.8. The van der Waals surface area contributed by atoms with Crippen LogP contribution in [0.4, 0.5) is 10.2 Å². The van der Waals surface area contributed by atoms with E-state index in [2.05, 4.69) is 9.97 Å². The molecule has 0 radical (unpaired) electrons. The van der Waals surface area contributed by atoms with Crippen molar-refractivity contribution in [3.63, 3.8) is 0 Å². The lowest BCUT2D eigenvalue weighted by Crippen LogP contribution is -2.40. The van der Waals surface area contributed by atoms with E-state index < -0.39 is 5.82 Å². The molecule has 0 amide bonds. The van der Waals surface area contributed by atoms with Crippen LogP contribution in [0.1, 0.15) is 12.8 Å². The van der Waals surface area contributed by atoms with Gasteiger partial charge in [0.15, 0.2) is 11.6 Å². The number of piperidine rings is 1. The van der Waals surface area contributed by atoms with Crippen LogP contribution in [0.2, 0.25) is 5.28 Å². The van der Waals surface area contributed by atoms with Crippen LogP contribution < -0.4 is 10.6 Å². The average Bonchev–Trinajstić information content (AvgIpc) is 2.23. The van der Waals surface area contributed by atoms with E-state index >= 15 is 0 Å². The first-order valence-electron chi connectivity index (χ1n) is 4.85. The SMILES string of the molecule is NC1CCN(c2nc(Cl)ncc2F)CC1. The highest BCUT2D eigenvalue weighted by Crippen LogP contribution is 2.21. The molecule has 2 rings (SSSR count). The fourth-order valence-electron chi connectivity index (χ4n) is 1.67. The van der Waals surface area contributed by atoms with E-state index in [9.17, 15) is 4.39 Å². The molecular weight excluding hydrogens is 219 g/mol. The number of hydrogen-bond donors (Lipinski definition) is 1. The molecule has 1 saturated heterocycles. The molecule has 2 N–H and O–H groups in total. The largest absolute Gasteiger partial charge is 0.354 e. The van der Waals surface area contributed by atoms with Crippen molar-refractivity contribution < 1.29 is 4.39 Å². The Balaban J connectivity index is 2.18. The van der Waals surface area contributed by atoms with Gasteiger partial charge in [-0.3, -0.25) is 0 Å². The maximum absolute atomic E-state index is 13.4. The number of nitrogens with two attached hydrogens (primary N) is 1. The van der Waals surface area contributed by atoms with Crippen LogP contribution in [0.15, 0.2) is 6.20 Å². The number of nitrogens with zero attached hydrogens (tertiary/aromatic N) is 3. The van der Waals surface area contributed by atoms with Crippen LogP contribution in [0.25, 0.3) is 0 Å². The second-order valence-electron chi connectivity index (χ2n) is 3.64. The zero-order valence-electron chi connectivity index (χ0n) is 8.16. The van der Waals surface area contributed by atoms with Crippen LogP contribution in [0.5, 0.6) is 0 Å². The number of rotatable bonds is 1. The summed E-state index contributed by atoms with van der Waals surface area (Å²) in [5.41, 5.74) is 5.76. The van der Waals surface area contributed by atoms with Crippen molar-refractivity contribution in [1.82, 2.24) is 9.97 Å². The van der Waals surface area contributed by atoms with Gasteiger partial charge in [0.05, 0.1) is 6.20 Å². The van der Waals surface area contributed by atoms with Crippen molar-refractivity contribution >= 4 is 17.4 Å². The summed E-state index contributed by atoms with van der Waals surface area (Å²) in [6.45, 7) is 1.43. The van der Waals surface area contributed by atoms with Crippen LogP contribution in [0.3, 0.4) is 0 Å². The van der Waals surface area contributed by atoms with Crippen molar-refractivity contribution in [3.8, 4) is 0 Å². The third-order valence-electron chi connectivity index (χ3n) is 2.54. The van der Waals surface area contributed by atoms with Crippen LogP contribution in [-0.4, -0.2) is 29.1 Å². The molecule has 0 bridgehead atoms. The molecule has 1 aromatic heterocycles. The molecule has 6 heteroatoms. The van der Waals surface area contributed by atoms with Gasteiger partial charge < -0.3 is 10.6 Å². The quantitative estimate of drug-likeness (QED) is 0.737. The van der Waals surface area contributed by atoms with E-state index in [0.717, 1.165) is 19.0 Å². The summed E-state index contributed by atoms with van der Waals surface area (Å²) in [5, 5.41) is 0.0706. The molecule has 15 heavy (non-hydrogen) atoms. The van der Waals surface area contributed by atoms with E-state index in [1.54, 1.807) is 0 Å². The van der Waals surface area contributed by atoms with Crippen molar-refractivity contribution in [2.45, 2.75) is 18.9 Å². The number of hydrogen-bond acceptors (Lipinski definition) is 4. The predicted octanol–water partition coefficient (Wildman–Crippen LogP) is 1.20. The molecule has 0 atom stereocenters. The lowest BCUT2D eigenvalue weighted by Gasteiger charge is -2.31. The van der Waals surface area contributed by atoms with Gasteiger partial charge in [0, 0.05) is 19.1 Å². The molecule has 1 aliphatic rings. The van der Waals surface area contributed by atoms with Gasteiger partial charge in [-0.15, -0.1) is 0 Å². The number of halogens is 2. The highest BCUT2D eigenvalue weighted by Gasteiger charge is 2.20. The summed E-state index contributed by atoms with van der Waals surface area (Å²) in [5.74, 6) is -0.156. The summed E-state index contributed by atoms with van der Waals surface area (Å²) in [7, 11) is 0. The Morgan fingerprint density at radius 3 is 2.80 bits per heavy atom. The lowest BCUT2D eigenvalue weighted by molar-refractivity contribution is 0.489. The second-order valence-corrected chi connectivity index (χ2v) is 3.97. The Labute approximate surface area is 92.3 Å². The smallest absolute Gasteiger partial charge is 0.224 e. The van der Waals surface area contributed by atoms with Crippen molar-refractivity contribution in [2.24, 2.45) is 5.73 Å². The number of anilines is 1. The predicted molar refractivity (Wildman–Crippen MR) is 56.4 cm³/mol. The molecule has 1 fully saturated rings. The first kappa shape index (κ1) is 10.6. The molecule has 82 valence electrons. The van der Waals surface area contributed by atoms with Crippen molar-refractivity contribution in [2.75, 3.05) is 18.0 Å². The highest BCUT2D eigenvalue weighted by atomic mass is 35.5. The van der Waals surface area contributed by atoms with E-state index in [0.29, 0.717) is 13.1 Å². The van der Waals surface area contributed by atoms with Crippen molar-refractivity contribution in [3.05, 3.63) is 17.3 Å². The Hall–Kier alpha value is -0.940. The fraction of sp³-hybridized carbons (Fsp3) is 0.556. The molecule has 0 spiro atoms. The topological polar surface area (TPSA) is 55.0 Å². The van der Waals surface area contributed by atoms with E-state index in [1.807, 2.05) is 4.90 Å². The van der Waals surface area contributed by atoms with Crippen LogP contribution in [-0.2, 0) is 0 Å². The maximum atomic E-state index is 13.4. The Morgan fingerprint density at radius 1 is 1.47 bits per heavy atom. The Kier molecular flexibility index (Phi) is 3.02. The minimum absolute atomic E-state index is 0.0706. The molecule has 1 aromatic rings. The van der Waals surface area contributed by atoms with Gasteiger partial charge in [-0.1, -0.05) is 0 Å². The van der Waals surface area contributed by atoms with Crippen LogP contribution in [0, 0.1) is 5.82 Å². The minimum Gasteiger partial charge on any atom is -0.354 e. The van der Waals surface area contributed by atoms with Gasteiger partial charge in [0.25, 0.3) is 0 Å². The Morgan fingerprint density at radius 2 is 2.13 bits per heavy atom. The van der Waals surface area contributed by atoms with Gasteiger partial charge in [0.1, 0.15) is 0 Å². The molecular formula is C9H12ClFN4. The minimum atomic E-state index is -0.435. The molecule has 0 aromatic carbocycles. The van der Waals surface area contributed by atoms with Gasteiger partial charge in [-0.25, -0.2) is 9.37 Å². The molecule has 0 aliphatic carbocycles. The lowest BCUT2D eigenvalue weighted by atomic mass is 10.1. The summed E-state index contributed by atoms with van der Waals surface area (Å²) >= 11 is 5.62. The summed E-state index contributed by atoms with van der Waals surface area (Å²) in [6, 6.07) is 0.210. The Bertz CT molecular complexity index is 352. The van der Waals surface area contributed by atoms with E-state index in [4.69, 9.17) is 17.3 Å². The summed E-state index contributed by atoms with van der Waals surface area (Å²) < 4.78 is 13.4. The first-order valence-corrected chi connectivity index (χ1v) is 5.23. The van der Waals surface area contributed by atoms with Gasteiger partial charge >= 0.3 is 0 Å². The standard InChI is InChI=1S/C9H12ClFN4/c10-9-13-5-7(11)8(14-9)15-3-1-6(12)2-4-15/h5-6H,1-4,12H2. The van der Waals surface area contributed by atoms with Crippen LogP contribution >= 0.6 is 11.6 Å². The van der Waals surface area contributed by atoms with Gasteiger partial charge in [0.2, 0.25) is 5.28 Å². The molecule has 2 heterocycles. The third-order valence-corrected chi connectivity index (χ3v) is 2.72. The first-order chi connectivity index (χ1) is 7.16. The number of aromatic nitrogens is 2. The normalized spacial score (nSPS) is 18.2. The van der Waals surface area contributed by atoms with E-state index in [1.165, 1.54) is 0 Å². The van der Waals surface area contributed by atoms with Gasteiger partial charge in [-0.2, -0.15) is 4.98 Å². The molecule has 0 saturated carbocycles. The molecule has 0 unspecified atom stereocenters. The highest BCUT2D eigenvalue weighted by molar-refractivity contribution is 6.28. The monoisotopic (exact) mass is 230 g/mol. The summed E-state index contributed by atoms with van der Waals surface area (Å²) in [6.07, 6.45) is 2.79. The second kappa shape index (κ2) is 4.28. The molecule has 1 aliphatic heterocycles. The van der Waals surface area contributed by atoms with Crippen molar-refractivity contribution in [1.29, 1.82) is 0 Å². The average molecular weight is 231 g/mol.